The number of carbonyl (C=O) groups excluding carboxylic acids is 1. The van der Waals surface area contributed by atoms with Crippen LogP contribution in [0.3, 0.4) is 0 Å². The topological polar surface area (TPSA) is 95.1 Å². The van der Waals surface area contributed by atoms with Crippen molar-refractivity contribution in [1.82, 2.24) is 14.9 Å². The molecule has 2 aliphatic rings. The number of benzene rings is 3. The molecule has 45 heavy (non-hydrogen) atoms. The van der Waals surface area contributed by atoms with E-state index >= 15 is 0 Å². The van der Waals surface area contributed by atoms with Gasteiger partial charge in [-0.05, 0) is 54.1 Å². The summed E-state index contributed by atoms with van der Waals surface area (Å²) in [5.41, 5.74) is 4.91. The first-order chi connectivity index (χ1) is 21.9. The molecule has 2 N–H and O–H groups in total. The van der Waals surface area contributed by atoms with Gasteiger partial charge in [-0.2, -0.15) is 0 Å². The summed E-state index contributed by atoms with van der Waals surface area (Å²) in [6.07, 6.45) is 3.49. The van der Waals surface area contributed by atoms with E-state index in [1.165, 1.54) is 24.5 Å². The summed E-state index contributed by atoms with van der Waals surface area (Å²) in [5, 5.41) is 8.10. The molecule has 2 saturated heterocycles. The fraction of sp³-hybridized carbons (Fsp3) is 0.265. The lowest BCUT2D eigenvalue weighted by Crippen LogP contribution is -2.44. The smallest absolute Gasteiger partial charge is 0.247 e. The molecule has 0 spiro atoms. The van der Waals surface area contributed by atoms with E-state index in [0.717, 1.165) is 55.0 Å². The summed E-state index contributed by atoms with van der Waals surface area (Å²) >= 11 is 0. The van der Waals surface area contributed by atoms with E-state index < -0.39 is 0 Å². The molecule has 0 aliphatic carbocycles. The number of ether oxygens (including phenoxy) is 1. The lowest BCUT2D eigenvalue weighted by molar-refractivity contribution is -0.111. The minimum absolute atomic E-state index is 0.0978. The molecule has 0 unspecified atom stereocenters. The number of nitrogens with zero attached hydrogens (tertiary/aromatic N) is 5. The third-order valence-corrected chi connectivity index (χ3v) is 8.08. The van der Waals surface area contributed by atoms with Crippen LogP contribution in [-0.4, -0.2) is 67.7 Å². The van der Waals surface area contributed by atoms with Gasteiger partial charge in [-0.3, -0.25) is 9.63 Å². The Morgan fingerprint density at radius 3 is 2.56 bits per heavy atom. The number of rotatable bonds is 9. The van der Waals surface area contributed by atoms with E-state index in [1.54, 1.807) is 18.2 Å². The van der Waals surface area contributed by atoms with E-state index in [4.69, 9.17) is 9.57 Å². The molecule has 6 rings (SSSR count). The molecule has 0 saturated carbocycles. The molecule has 4 aromatic rings. The van der Waals surface area contributed by atoms with Crippen LogP contribution in [0.15, 0.2) is 85.7 Å². The molecular weight excluding hydrogens is 573 g/mol. The van der Waals surface area contributed by atoms with E-state index in [1.807, 2.05) is 42.5 Å². The Labute approximate surface area is 262 Å². The van der Waals surface area contributed by atoms with Gasteiger partial charge in [-0.25, -0.2) is 19.4 Å². The second kappa shape index (κ2) is 13.3. The molecule has 232 valence electrons. The molecular formula is C34H36FN7O3. The average Bonchev–Trinajstić information content (AvgIpc) is 3.56. The van der Waals surface area contributed by atoms with Gasteiger partial charge in [0.15, 0.2) is 5.82 Å². The molecule has 1 amide bonds. The number of amides is 1. The first-order valence-corrected chi connectivity index (χ1v) is 14.9. The Kier molecular flexibility index (Phi) is 8.90. The van der Waals surface area contributed by atoms with Crippen LogP contribution < -0.4 is 25.3 Å². The van der Waals surface area contributed by atoms with Crippen molar-refractivity contribution in [3.63, 3.8) is 0 Å². The van der Waals surface area contributed by atoms with Crippen molar-refractivity contribution in [3.8, 4) is 16.9 Å². The quantitative estimate of drug-likeness (QED) is 0.229. The molecule has 0 radical (unpaired) electrons. The van der Waals surface area contributed by atoms with Crippen molar-refractivity contribution >= 4 is 34.6 Å². The van der Waals surface area contributed by atoms with E-state index in [0.29, 0.717) is 35.4 Å². The van der Waals surface area contributed by atoms with Crippen molar-refractivity contribution in [3.05, 3.63) is 97.1 Å². The third kappa shape index (κ3) is 6.74. The van der Waals surface area contributed by atoms with Crippen LogP contribution in [0, 0.1) is 5.82 Å². The predicted octanol–water partition coefficient (Wildman–Crippen LogP) is 5.79. The lowest BCUT2D eigenvalue weighted by Gasteiger charge is -2.35. The minimum atomic E-state index is -0.301. The molecule has 10 nitrogen and oxygen atoms in total. The summed E-state index contributed by atoms with van der Waals surface area (Å²) in [4.78, 5) is 31.9. The fourth-order valence-corrected chi connectivity index (χ4v) is 5.69. The second-order valence-corrected chi connectivity index (χ2v) is 11.0. The van der Waals surface area contributed by atoms with Crippen LogP contribution in [0.2, 0.25) is 0 Å². The number of anilines is 5. The summed E-state index contributed by atoms with van der Waals surface area (Å²) in [5.74, 6) is 1.13. The molecule has 2 aliphatic heterocycles. The fourth-order valence-electron chi connectivity index (χ4n) is 5.69. The molecule has 11 heteroatoms. The number of hydrogen-bond acceptors (Lipinski definition) is 9. The number of methoxy groups -OCH3 is 1. The monoisotopic (exact) mass is 609 g/mol. The highest BCUT2D eigenvalue weighted by Crippen LogP contribution is 2.40. The van der Waals surface area contributed by atoms with Gasteiger partial charge in [0.1, 0.15) is 23.7 Å². The molecule has 3 aromatic carbocycles. The Morgan fingerprint density at radius 2 is 1.80 bits per heavy atom. The van der Waals surface area contributed by atoms with E-state index in [-0.39, 0.29) is 17.8 Å². The Hall–Kier alpha value is -5.00. The summed E-state index contributed by atoms with van der Waals surface area (Å²) in [7, 11) is 3.71. The highest BCUT2D eigenvalue weighted by molar-refractivity contribution is 6.02. The second-order valence-electron chi connectivity index (χ2n) is 11.0. The van der Waals surface area contributed by atoms with Crippen molar-refractivity contribution in [2.45, 2.75) is 12.5 Å². The maximum Gasteiger partial charge on any atom is 0.247 e. The number of carbonyl (C=O) groups is 1. The maximum atomic E-state index is 13.9. The van der Waals surface area contributed by atoms with Crippen molar-refractivity contribution in [2.75, 3.05) is 67.5 Å². The van der Waals surface area contributed by atoms with Gasteiger partial charge in [-0.1, -0.05) is 36.9 Å². The molecule has 0 bridgehead atoms. The zero-order valence-electron chi connectivity index (χ0n) is 25.4. The molecule has 1 atom stereocenters. The first kappa shape index (κ1) is 30.0. The summed E-state index contributed by atoms with van der Waals surface area (Å²) in [6.45, 7) is 7.60. The van der Waals surface area contributed by atoms with Gasteiger partial charge in [-0.15, -0.1) is 0 Å². The van der Waals surface area contributed by atoms with Gasteiger partial charge in [0.2, 0.25) is 5.91 Å². The summed E-state index contributed by atoms with van der Waals surface area (Å²) < 4.78 is 19.7. The molecule has 2 fully saturated rings. The number of hydrogen-bond donors (Lipinski definition) is 2. The summed E-state index contributed by atoms with van der Waals surface area (Å²) in [6, 6.07) is 20.1. The van der Waals surface area contributed by atoms with Crippen LogP contribution in [0.4, 0.5) is 33.1 Å². The first-order valence-electron chi connectivity index (χ1n) is 14.9. The number of likely N-dealkylation sites (N-methyl/N-ethyl adjacent to an activating group) is 1. The number of hydroxylamine groups is 1. The number of piperazine rings is 1. The SMILES string of the molecule is C=CC(=O)Nc1cc(Nc2cc(N3OCC[C@H]3c3cccc(-c4cccc(F)c4)c3)ncn2)c(OC)cc1N1CCN(C)CC1. The van der Waals surface area contributed by atoms with Crippen molar-refractivity contribution in [1.29, 1.82) is 0 Å². The maximum absolute atomic E-state index is 13.9. The van der Waals surface area contributed by atoms with Crippen molar-refractivity contribution in [2.24, 2.45) is 0 Å². The van der Waals surface area contributed by atoms with Crippen LogP contribution in [-0.2, 0) is 9.63 Å². The molecule has 1 aromatic heterocycles. The lowest BCUT2D eigenvalue weighted by atomic mass is 9.98. The minimum Gasteiger partial charge on any atom is -0.494 e. The Bertz CT molecular complexity index is 1690. The normalized spacial score (nSPS) is 16.8. The zero-order valence-corrected chi connectivity index (χ0v) is 25.4. The van der Waals surface area contributed by atoms with Gasteiger partial charge >= 0.3 is 0 Å². The van der Waals surface area contributed by atoms with Crippen LogP contribution in [0.1, 0.15) is 18.0 Å². The number of nitrogens with one attached hydrogen (secondary N) is 2. The van der Waals surface area contributed by atoms with Crippen LogP contribution in [0.25, 0.3) is 11.1 Å². The Balaban J connectivity index is 1.27. The standard InChI is InChI=1S/C34H36FN7O3/c1-4-34(43)39-27-19-28(31(44-3)20-30(27)41-14-12-40(2)13-15-41)38-32-21-33(37-22-36-32)42-29(11-16-45-42)25-9-5-7-23(17-25)24-8-6-10-26(35)18-24/h4-10,17-22,29H,1,11-16H2,2-3H3,(H,39,43)(H,36,37,38)/t29-/m0/s1. The average molecular weight is 610 g/mol. The number of halogens is 1. The van der Waals surface area contributed by atoms with Gasteiger partial charge in [0.05, 0.1) is 36.8 Å². The van der Waals surface area contributed by atoms with Gasteiger partial charge in [0, 0.05) is 44.7 Å². The third-order valence-electron chi connectivity index (χ3n) is 8.08. The molecule has 3 heterocycles. The van der Waals surface area contributed by atoms with E-state index in [9.17, 15) is 9.18 Å². The zero-order chi connectivity index (χ0) is 31.3. The van der Waals surface area contributed by atoms with Gasteiger partial charge < -0.3 is 25.2 Å². The Morgan fingerprint density at radius 1 is 1.02 bits per heavy atom. The van der Waals surface area contributed by atoms with Crippen molar-refractivity contribution < 1.29 is 18.8 Å². The van der Waals surface area contributed by atoms with E-state index in [2.05, 4.69) is 50.1 Å². The van der Waals surface area contributed by atoms with Crippen LogP contribution >= 0.6 is 0 Å². The number of aromatic nitrogens is 2. The van der Waals surface area contributed by atoms with Crippen LogP contribution in [0.5, 0.6) is 5.75 Å². The highest BCUT2D eigenvalue weighted by atomic mass is 19.1. The predicted molar refractivity (Wildman–Crippen MR) is 174 cm³/mol. The largest absolute Gasteiger partial charge is 0.494 e. The highest BCUT2D eigenvalue weighted by Gasteiger charge is 2.30. The van der Waals surface area contributed by atoms with Gasteiger partial charge in [0.25, 0.3) is 0 Å².